The van der Waals surface area contributed by atoms with E-state index in [1.54, 1.807) is 7.05 Å². The molecule has 0 amide bonds. The van der Waals surface area contributed by atoms with Gasteiger partial charge in [-0.25, -0.2) is 0 Å². The Hall–Kier alpha value is -0.170. The lowest BCUT2D eigenvalue weighted by Crippen LogP contribution is -2.33. The molecule has 2 saturated heterocycles. The number of nitrogens with zero attached hydrogens (tertiary/aromatic N) is 2. The molecule has 2 aliphatic heterocycles. The van der Waals surface area contributed by atoms with E-state index in [4.69, 9.17) is 4.74 Å². The molecule has 5 nitrogen and oxygen atoms in total. The molecule has 1 atom stereocenters. The zero-order valence-electron chi connectivity index (χ0n) is 6.93. The summed E-state index contributed by atoms with van der Waals surface area (Å²) < 4.78 is 30.7. The molecule has 0 aromatic rings. The normalized spacial score (nSPS) is 35.6. The Kier molecular flexibility index (Phi) is 1.87. The number of hydrogen-bond donors (Lipinski definition) is 0. The molecule has 2 aliphatic rings. The molecule has 12 heavy (non-hydrogen) atoms. The summed E-state index contributed by atoms with van der Waals surface area (Å²) in [4.78, 5) is 0. The molecule has 0 aromatic carbocycles. The van der Waals surface area contributed by atoms with Gasteiger partial charge in [-0.2, -0.15) is 17.0 Å². The van der Waals surface area contributed by atoms with E-state index in [-0.39, 0.29) is 6.10 Å². The number of ether oxygens (including phenoxy) is 1. The summed E-state index contributed by atoms with van der Waals surface area (Å²) in [5.41, 5.74) is 0. The maximum atomic E-state index is 11.5. The summed E-state index contributed by atoms with van der Waals surface area (Å²) in [5, 5.41) is 0. The molecule has 70 valence electrons. The van der Waals surface area contributed by atoms with Gasteiger partial charge in [0.15, 0.2) is 0 Å². The van der Waals surface area contributed by atoms with E-state index in [2.05, 4.69) is 0 Å². The van der Waals surface area contributed by atoms with E-state index in [0.29, 0.717) is 26.2 Å². The standard InChI is InChI=1S/C6H12N2O3S/c1-7-2-3-8(12(7,9)10)4-6-5-11-6/h6H,2-5H2,1H3/t6-/m1/s1. The number of hydrogen-bond acceptors (Lipinski definition) is 3. The fourth-order valence-electron chi connectivity index (χ4n) is 1.27. The van der Waals surface area contributed by atoms with E-state index in [0.717, 1.165) is 0 Å². The van der Waals surface area contributed by atoms with Crippen molar-refractivity contribution < 1.29 is 13.2 Å². The minimum atomic E-state index is -3.13. The number of rotatable bonds is 2. The predicted molar refractivity (Wildman–Crippen MR) is 42.9 cm³/mol. The average Bonchev–Trinajstić information content (AvgIpc) is 2.75. The second kappa shape index (κ2) is 2.66. The molecule has 0 saturated carbocycles. The van der Waals surface area contributed by atoms with Gasteiger partial charge < -0.3 is 4.74 Å². The van der Waals surface area contributed by atoms with Crippen molar-refractivity contribution >= 4 is 10.2 Å². The smallest absolute Gasteiger partial charge is 0.281 e. The molecule has 0 bridgehead atoms. The van der Waals surface area contributed by atoms with E-state index in [1.807, 2.05) is 0 Å². The largest absolute Gasteiger partial charge is 0.372 e. The highest BCUT2D eigenvalue weighted by molar-refractivity contribution is 7.87. The Balaban J connectivity index is 2.06. The van der Waals surface area contributed by atoms with Crippen molar-refractivity contribution in [3.63, 3.8) is 0 Å². The van der Waals surface area contributed by atoms with E-state index in [9.17, 15) is 8.42 Å². The van der Waals surface area contributed by atoms with E-state index >= 15 is 0 Å². The van der Waals surface area contributed by atoms with Crippen LogP contribution in [0.2, 0.25) is 0 Å². The predicted octanol–water partition coefficient (Wildman–Crippen LogP) is -1.12. The van der Waals surface area contributed by atoms with Crippen molar-refractivity contribution in [2.45, 2.75) is 6.10 Å². The highest BCUT2D eigenvalue weighted by Crippen LogP contribution is 2.18. The van der Waals surface area contributed by atoms with Crippen molar-refractivity contribution in [2.75, 3.05) is 33.3 Å². The molecule has 6 heteroatoms. The van der Waals surface area contributed by atoms with Gasteiger partial charge in [-0.15, -0.1) is 0 Å². The van der Waals surface area contributed by atoms with Crippen molar-refractivity contribution in [1.29, 1.82) is 0 Å². The second-order valence-electron chi connectivity index (χ2n) is 3.14. The SMILES string of the molecule is CN1CCN(C[C@@H]2CO2)S1(=O)=O. The monoisotopic (exact) mass is 192 g/mol. The Morgan fingerprint density at radius 2 is 2.17 bits per heavy atom. The summed E-state index contributed by atoms with van der Waals surface area (Å²) in [7, 11) is -1.53. The van der Waals surface area contributed by atoms with Crippen molar-refractivity contribution in [3.8, 4) is 0 Å². The first kappa shape index (κ1) is 8.43. The van der Waals surface area contributed by atoms with Crippen LogP contribution in [0.25, 0.3) is 0 Å². The summed E-state index contributed by atoms with van der Waals surface area (Å²) in [6.07, 6.45) is 0.145. The highest BCUT2D eigenvalue weighted by Gasteiger charge is 2.37. The third-order valence-corrected chi connectivity index (χ3v) is 4.15. The molecule has 0 aromatic heterocycles. The minimum absolute atomic E-state index is 0.145. The maximum Gasteiger partial charge on any atom is 0.281 e. The van der Waals surface area contributed by atoms with Crippen LogP contribution in [0.15, 0.2) is 0 Å². The van der Waals surface area contributed by atoms with Crippen molar-refractivity contribution in [3.05, 3.63) is 0 Å². The van der Waals surface area contributed by atoms with Crippen LogP contribution in [0, 0.1) is 0 Å². The summed E-state index contributed by atoms with van der Waals surface area (Å²) in [6, 6.07) is 0. The lowest BCUT2D eigenvalue weighted by molar-refractivity contribution is 0.349. The van der Waals surface area contributed by atoms with Crippen LogP contribution in [0.5, 0.6) is 0 Å². The fraction of sp³-hybridized carbons (Fsp3) is 1.00. The Morgan fingerprint density at radius 3 is 2.58 bits per heavy atom. The van der Waals surface area contributed by atoms with Gasteiger partial charge in [0.25, 0.3) is 10.2 Å². The van der Waals surface area contributed by atoms with Crippen LogP contribution < -0.4 is 0 Å². The third-order valence-electron chi connectivity index (χ3n) is 2.19. The molecule has 0 unspecified atom stereocenters. The van der Waals surface area contributed by atoms with Crippen molar-refractivity contribution in [2.24, 2.45) is 0 Å². The van der Waals surface area contributed by atoms with Crippen LogP contribution in [0.1, 0.15) is 0 Å². The molecule has 2 rings (SSSR count). The lowest BCUT2D eigenvalue weighted by Gasteiger charge is -2.13. The molecule has 0 spiro atoms. The summed E-state index contributed by atoms with van der Waals surface area (Å²) in [6.45, 7) is 2.41. The second-order valence-corrected chi connectivity index (χ2v) is 5.18. The molecule has 0 N–H and O–H groups in total. The highest BCUT2D eigenvalue weighted by atomic mass is 32.2. The van der Waals surface area contributed by atoms with Gasteiger partial charge in [0.2, 0.25) is 0 Å². The topological polar surface area (TPSA) is 53.1 Å². The molecule has 0 radical (unpaired) electrons. The zero-order chi connectivity index (χ0) is 8.77. The van der Waals surface area contributed by atoms with Crippen LogP contribution >= 0.6 is 0 Å². The fourth-order valence-corrected chi connectivity index (χ4v) is 2.64. The first-order valence-electron chi connectivity index (χ1n) is 3.94. The molecular weight excluding hydrogens is 180 g/mol. The first-order valence-corrected chi connectivity index (χ1v) is 5.33. The molecule has 2 fully saturated rings. The van der Waals surface area contributed by atoms with Crippen molar-refractivity contribution in [1.82, 2.24) is 8.61 Å². The van der Waals surface area contributed by atoms with Crippen LogP contribution in [-0.2, 0) is 14.9 Å². The quantitative estimate of drug-likeness (QED) is 0.521. The maximum absolute atomic E-state index is 11.5. The molecule has 2 heterocycles. The zero-order valence-corrected chi connectivity index (χ0v) is 7.75. The first-order chi connectivity index (χ1) is 5.60. The van der Waals surface area contributed by atoms with Gasteiger partial charge in [-0.3, -0.25) is 0 Å². The van der Waals surface area contributed by atoms with Crippen LogP contribution in [0.3, 0.4) is 0 Å². The average molecular weight is 192 g/mol. The van der Waals surface area contributed by atoms with Gasteiger partial charge in [-0.05, 0) is 0 Å². The third kappa shape index (κ3) is 1.35. The number of epoxide rings is 1. The van der Waals surface area contributed by atoms with Crippen LogP contribution in [-0.4, -0.2) is 56.4 Å². The van der Waals surface area contributed by atoms with Crippen LogP contribution in [0.4, 0.5) is 0 Å². The van der Waals surface area contributed by atoms with Gasteiger partial charge in [0, 0.05) is 26.7 Å². The van der Waals surface area contributed by atoms with E-state index < -0.39 is 10.2 Å². The minimum Gasteiger partial charge on any atom is -0.372 e. The van der Waals surface area contributed by atoms with Gasteiger partial charge >= 0.3 is 0 Å². The molecular formula is C6H12N2O3S. The Bertz CT molecular complexity index is 273. The Labute approximate surface area is 72.1 Å². The Morgan fingerprint density at radius 1 is 1.50 bits per heavy atom. The molecule has 0 aliphatic carbocycles. The lowest BCUT2D eigenvalue weighted by atomic mass is 10.4. The van der Waals surface area contributed by atoms with Gasteiger partial charge in [-0.1, -0.05) is 0 Å². The van der Waals surface area contributed by atoms with E-state index in [1.165, 1.54) is 8.61 Å². The summed E-state index contributed by atoms with van der Waals surface area (Å²) in [5.74, 6) is 0. The summed E-state index contributed by atoms with van der Waals surface area (Å²) >= 11 is 0. The number of likely N-dealkylation sites (N-methyl/N-ethyl adjacent to an activating group) is 1. The van der Waals surface area contributed by atoms with Gasteiger partial charge in [0.05, 0.1) is 12.7 Å². The van der Waals surface area contributed by atoms with Gasteiger partial charge in [0.1, 0.15) is 0 Å².